The number of hydrogen-bond acceptors (Lipinski definition) is 6. The van der Waals surface area contributed by atoms with Crippen LogP contribution in [0.5, 0.6) is 0 Å². The molecule has 154 valence electrons. The summed E-state index contributed by atoms with van der Waals surface area (Å²) in [5.41, 5.74) is 2.96. The molecule has 1 aromatic heterocycles. The number of rotatable bonds is 4. The molecule has 3 heterocycles. The first-order valence-electron chi connectivity index (χ1n) is 10.2. The minimum atomic E-state index is -0.246. The highest BCUT2D eigenvalue weighted by molar-refractivity contribution is 5.97. The predicted octanol–water partition coefficient (Wildman–Crippen LogP) is 2.89. The fourth-order valence-corrected chi connectivity index (χ4v) is 4.41. The Balaban J connectivity index is 1.24. The zero-order chi connectivity index (χ0) is 20.5. The molecule has 2 amide bonds. The van der Waals surface area contributed by atoms with Gasteiger partial charge in [-0.15, -0.1) is 0 Å². The molecule has 0 spiro atoms. The first-order chi connectivity index (χ1) is 14.7. The Labute approximate surface area is 173 Å². The highest BCUT2D eigenvalue weighted by Gasteiger charge is 2.39. The number of cyclic esters (lactones) is 1. The Morgan fingerprint density at radius 3 is 2.60 bits per heavy atom. The topological polar surface area (TPSA) is 88.8 Å². The van der Waals surface area contributed by atoms with Crippen LogP contribution in [-0.2, 0) is 11.2 Å². The molecule has 2 aliphatic rings. The molecule has 3 aromatic rings. The predicted molar refractivity (Wildman–Crippen MR) is 108 cm³/mol. The largest absolute Gasteiger partial charge is 0.447 e. The second kappa shape index (κ2) is 7.78. The van der Waals surface area contributed by atoms with Gasteiger partial charge in [0.05, 0.1) is 6.04 Å². The fourth-order valence-electron chi connectivity index (χ4n) is 4.41. The number of amides is 2. The van der Waals surface area contributed by atoms with E-state index in [9.17, 15) is 9.59 Å². The molecule has 0 bridgehead atoms. The highest BCUT2D eigenvalue weighted by atomic mass is 16.6. The van der Waals surface area contributed by atoms with E-state index in [1.807, 2.05) is 28.0 Å². The molecule has 30 heavy (non-hydrogen) atoms. The Kier molecular flexibility index (Phi) is 4.82. The molecule has 2 saturated heterocycles. The number of aromatic nitrogens is 2. The Morgan fingerprint density at radius 1 is 1.03 bits per heavy atom. The van der Waals surface area contributed by atoms with Crippen molar-refractivity contribution in [1.82, 2.24) is 20.1 Å². The van der Waals surface area contributed by atoms with Crippen LogP contribution in [0.1, 0.15) is 28.8 Å². The maximum absolute atomic E-state index is 12.9. The molecule has 8 heteroatoms. The zero-order valence-electron chi connectivity index (χ0n) is 16.4. The van der Waals surface area contributed by atoms with Gasteiger partial charge >= 0.3 is 6.09 Å². The number of carbonyl (C=O) groups excluding carboxylic acids is 2. The third-order valence-corrected chi connectivity index (χ3v) is 5.96. The van der Waals surface area contributed by atoms with Crippen molar-refractivity contribution >= 4 is 23.0 Å². The molecule has 2 fully saturated rings. The Bertz CT molecular complexity index is 1060. The van der Waals surface area contributed by atoms with Crippen molar-refractivity contribution in [2.24, 2.45) is 0 Å². The third kappa shape index (κ3) is 3.49. The first kappa shape index (κ1) is 18.6. The Morgan fingerprint density at radius 2 is 1.80 bits per heavy atom. The number of likely N-dealkylation sites (tertiary alicyclic amines) is 1. The number of fused-ring (bicyclic) bond motifs is 1. The van der Waals surface area contributed by atoms with E-state index in [2.05, 4.69) is 22.4 Å². The minimum Gasteiger partial charge on any atom is -0.447 e. The molecule has 5 rings (SSSR count). The van der Waals surface area contributed by atoms with E-state index in [-0.39, 0.29) is 24.1 Å². The van der Waals surface area contributed by atoms with Crippen LogP contribution in [-0.4, -0.2) is 63.9 Å². The summed E-state index contributed by atoms with van der Waals surface area (Å²) in [6, 6.07) is 15.5. The van der Waals surface area contributed by atoms with Crippen LogP contribution in [0.25, 0.3) is 11.0 Å². The average molecular weight is 406 g/mol. The lowest BCUT2D eigenvalue weighted by Crippen LogP contribution is -2.50. The molecule has 0 aliphatic carbocycles. The van der Waals surface area contributed by atoms with Gasteiger partial charge in [0.25, 0.3) is 5.91 Å². The van der Waals surface area contributed by atoms with E-state index in [1.54, 1.807) is 18.2 Å². The second-order valence-electron chi connectivity index (χ2n) is 7.82. The van der Waals surface area contributed by atoms with Gasteiger partial charge < -0.3 is 9.64 Å². The lowest BCUT2D eigenvalue weighted by atomic mass is 9.98. The van der Waals surface area contributed by atoms with Gasteiger partial charge in [-0.3, -0.25) is 9.69 Å². The summed E-state index contributed by atoms with van der Waals surface area (Å²) >= 11 is 0. The molecular weight excluding hydrogens is 384 g/mol. The van der Waals surface area contributed by atoms with E-state index in [1.165, 1.54) is 5.56 Å². The monoisotopic (exact) mass is 406 g/mol. The molecule has 8 nitrogen and oxygen atoms in total. The van der Waals surface area contributed by atoms with Crippen LogP contribution >= 0.6 is 0 Å². The van der Waals surface area contributed by atoms with Crippen molar-refractivity contribution in [3.63, 3.8) is 0 Å². The van der Waals surface area contributed by atoms with E-state index in [0.29, 0.717) is 36.3 Å². The summed E-state index contributed by atoms with van der Waals surface area (Å²) in [7, 11) is 0. The van der Waals surface area contributed by atoms with Gasteiger partial charge in [0.1, 0.15) is 17.6 Å². The second-order valence-corrected chi connectivity index (χ2v) is 7.82. The summed E-state index contributed by atoms with van der Waals surface area (Å²) < 4.78 is 10.1. The maximum atomic E-state index is 12.9. The normalized spacial score (nSPS) is 20.0. The van der Waals surface area contributed by atoms with Crippen LogP contribution in [0.15, 0.2) is 53.2 Å². The van der Waals surface area contributed by atoms with Gasteiger partial charge in [0.2, 0.25) is 0 Å². The van der Waals surface area contributed by atoms with Gasteiger partial charge in [0, 0.05) is 24.7 Å². The van der Waals surface area contributed by atoms with Gasteiger partial charge in [0.15, 0.2) is 0 Å². The van der Waals surface area contributed by atoms with E-state index in [4.69, 9.17) is 9.37 Å². The van der Waals surface area contributed by atoms with Crippen molar-refractivity contribution in [3.8, 4) is 0 Å². The van der Waals surface area contributed by atoms with Gasteiger partial charge in [-0.05, 0) is 53.3 Å². The average Bonchev–Trinajstić information content (AvgIpc) is 3.40. The molecule has 0 N–H and O–H groups in total. The number of piperidine rings is 1. The molecule has 2 aromatic carbocycles. The SMILES string of the molecule is O=C(c1ccc2nonc2c1)N1CCC(N2C(=O)OCC2Cc2ccccc2)CC1. The number of ether oxygens (including phenoxy) is 1. The lowest BCUT2D eigenvalue weighted by molar-refractivity contribution is 0.0637. The molecular formula is C22H22N4O4. The van der Waals surface area contributed by atoms with Crippen LogP contribution < -0.4 is 0 Å². The first-order valence-corrected chi connectivity index (χ1v) is 10.2. The number of carbonyl (C=O) groups is 2. The summed E-state index contributed by atoms with van der Waals surface area (Å²) in [6.07, 6.45) is 2.00. The number of benzene rings is 2. The van der Waals surface area contributed by atoms with Crippen LogP contribution in [0.2, 0.25) is 0 Å². The molecule has 0 saturated carbocycles. The lowest BCUT2D eigenvalue weighted by Gasteiger charge is -2.38. The summed E-state index contributed by atoms with van der Waals surface area (Å²) in [6.45, 7) is 1.61. The van der Waals surface area contributed by atoms with Gasteiger partial charge in [-0.25, -0.2) is 9.42 Å². The smallest absolute Gasteiger partial charge is 0.410 e. The number of nitrogens with zero attached hydrogens (tertiary/aromatic N) is 4. The van der Waals surface area contributed by atoms with Crippen molar-refractivity contribution in [2.75, 3.05) is 19.7 Å². The summed E-state index contributed by atoms with van der Waals surface area (Å²) in [4.78, 5) is 29.0. The van der Waals surface area contributed by atoms with E-state index in [0.717, 1.165) is 19.3 Å². The quantitative estimate of drug-likeness (QED) is 0.662. The molecule has 1 unspecified atom stereocenters. The number of hydrogen-bond donors (Lipinski definition) is 0. The van der Waals surface area contributed by atoms with Crippen LogP contribution in [0.4, 0.5) is 4.79 Å². The van der Waals surface area contributed by atoms with Crippen molar-refractivity contribution in [1.29, 1.82) is 0 Å². The maximum Gasteiger partial charge on any atom is 0.410 e. The summed E-state index contributed by atoms with van der Waals surface area (Å²) in [5, 5.41) is 7.58. The highest BCUT2D eigenvalue weighted by Crippen LogP contribution is 2.27. The van der Waals surface area contributed by atoms with Crippen molar-refractivity contribution < 1.29 is 19.0 Å². The Hall–Kier alpha value is -3.42. The van der Waals surface area contributed by atoms with E-state index < -0.39 is 0 Å². The van der Waals surface area contributed by atoms with Crippen molar-refractivity contribution in [2.45, 2.75) is 31.3 Å². The summed E-state index contributed by atoms with van der Waals surface area (Å²) in [5.74, 6) is -0.0387. The van der Waals surface area contributed by atoms with Crippen LogP contribution in [0, 0.1) is 0 Å². The van der Waals surface area contributed by atoms with Crippen LogP contribution in [0.3, 0.4) is 0 Å². The van der Waals surface area contributed by atoms with Crippen molar-refractivity contribution in [3.05, 3.63) is 59.7 Å². The standard InChI is InChI=1S/C22H22N4O4/c27-21(16-6-7-19-20(13-16)24-30-23-19)25-10-8-17(9-11-25)26-18(14-29-22(26)28)12-15-4-2-1-3-5-15/h1-7,13,17-18H,8-12,14H2. The molecule has 0 radical (unpaired) electrons. The third-order valence-electron chi connectivity index (χ3n) is 5.96. The molecule has 2 aliphatic heterocycles. The fraction of sp³-hybridized carbons (Fsp3) is 0.364. The zero-order valence-corrected chi connectivity index (χ0v) is 16.4. The van der Waals surface area contributed by atoms with Gasteiger partial charge in [-0.1, -0.05) is 30.3 Å². The van der Waals surface area contributed by atoms with Gasteiger partial charge in [-0.2, -0.15) is 0 Å². The minimum absolute atomic E-state index is 0.0363. The van der Waals surface area contributed by atoms with E-state index >= 15 is 0 Å². The molecule has 1 atom stereocenters.